The highest BCUT2D eigenvalue weighted by atomic mass is 19.1. The van der Waals surface area contributed by atoms with E-state index in [0.29, 0.717) is 5.56 Å². The van der Waals surface area contributed by atoms with E-state index in [4.69, 9.17) is 6.42 Å². The van der Waals surface area contributed by atoms with Gasteiger partial charge >= 0.3 is 0 Å². The van der Waals surface area contributed by atoms with Crippen molar-refractivity contribution in [1.82, 2.24) is 0 Å². The summed E-state index contributed by atoms with van der Waals surface area (Å²) in [5.41, 5.74) is 3.51. The van der Waals surface area contributed by atoms with Crippen molar-refractivity contribution in [2.45, 2.75) is 26.2 Å². The summed E-state index contributed by atoms with van der Waals surface area (Å²) >= 11 is 0. The maximum Gasteiger partial charge on any atom is 0.139 e. The highest BCUT2D eigenvalue weighted by molar-refractivity contribution is 5.64. The minimum atomic E-state index is -0.338. The van der Waals surface area contributed by atoms with Crippen LogP contribution in [0.4, 0.5) is 4.39 Å². The predicted molar refractivity (Wildman–Crippen MR) is 78.4 cm³/mol. The van der Waals surface area contributed by atoms with Gasteiger partial charge in [0.2, 0.25) is 0 Å². The largest absolute Gasteiger partial charge is 0.206 e. The van der Waals surface area contributed by atoms with Crippen LogP contribution in [0.5, 0.6) is 0 Å². The Balaban J connectivity index is 2.22. The number of unbranched alkanes of at least 4 members (excludes halogenated alkanes) is 1. The van der Waals surface area contributed by atoms with E-state index in [-0.39, 0.29) is 5.82 Å². The third-order valence-corrected chi connectivity index (χ3v) is 3.23. The summed E-state index contributed by atoms with van der Waals surface area (Å²) in [5, 5.41) is 0. The smallest absolute Gasteiger partial charge is 0.139 e. The molecule has 2 rings (SSSR count). The lowest BCUT2D eigenvalue weighted by atomic mass is 10.0. The van der Waals surface area contributed by atoms with Crippen molar-refractivity contribution in [1.29, 1.82) is 0 Å². The minimum Gasteiger partial charge on any atom is -0.206 e. The van der Waals surface area contributed by atoms with E-state index in [9.17, 15) is 4.39 Å². The molecule has 0 aliphatic carbocycles. The molecule has 0 fully saturated rings. The summed E-state index contributed by atoms with van der Waals surface area (Å²) in [6.07, 6.45) is 8.71. The van der Waals surface area contributed by atoms with Gasteiger partial charge in [-0.15, -0.1) is 6.42 Å². The third-order valence-electron chi connectivity index (χ3n) is 3.23. The second-order valence-corrected chi connectivity index (χ2v) is 4.64. The fraction of sp³-hybridized carbons (Fsp3) is 0.222. The molecule has 0 heterocycles. The van der Waals surface area contributed by atoms with Crippen molar-refractivity contribution in [2.24, 2.45) is 0 Å². The lowest BCUT2D eigenvalue weighted by Gasteiger charge is -2.05. The summed E-state index contributed by atoms with van der Waals surface area (Å²) < 4.78 is 13.6. The molecule has 0 aromatic heterocycles. The van der Waals surface area contributed by atoms with E-state index in [0.717, 1.165) is 17.5 Å². The molecule has 0 atom stereocenters. The number of rotatable bonds is 4. The van der Waals surface area contributed by atoms with Gasteiger partial charge in [-0.1, -0.05) is 49.6 Å². The Morgan fingerprint density at radius 3 is 2.32 bits per heavy atom. The Kier molecular flexibility index (Phi) is 4.36. The Morgan fingerprint density at radius 1 is 1.05 bits per heavy atom. The second kappa shape index (κ2) is 6.20. The summed E-state index contributed by atoms with van der Waals surface area (Å²) in [5.74, 6) is 1.99. The molecule has 0 aliphatic rings. The van der Waals surface area contributed by atoms with Gasteiger partial charge in [-0.3, -0.25) is 0 Å². The first kappa shape index (κ1) is 13.4. The summed E-state index contributed by atoms with van der Waals surface area (Å²) in [6, 6.07) is 13.3. The fourth-order valence-corrected chi connectivity index (χ4v) is 2.06. The molecule has 0 aliphatic heterocycles. The van der Waals surface area contributed by atoms with Crippen LogP contribution in [0.3, 0.4) is 0 Å². The zero-order chi connectivity index (χ0) is 13.7. The molecule has 2 aromatic rings. The molecule has 1 heteroatoms. The average Bonchev–Trinajstić information content (AvgIpc) is 2.45. The van der Waals surface area contributed by atoms with Gasteiger partial charge < -0.3 is 0 Å². The maximum absolute atomic E-state index is 13.6. The van der Waals surface area contributed by atoms with Gasteiger partial charge in [-0.25, -0.2) is 4.39 Å². The van der Waals surface area contributed by atoms with Crippen molar-refractivity contribution in [3.8, 4) is 23.5 Å². The van der Waals surface area contributed by atoms with Crippen LogP contribution in [0, 0.1) is 18.2 Å². The normalized spacial score (nSPS) is 10.2. The van der Waals surface area contributed by atoms with Gasteiger partial charge in [0.15, 0.2) is 0 Å². The van der Waals surface area contributed by atoms with Gasteiger partial charge in [-0.05, 0) is 41.7 Å². The zero-order valence-corrected chi connectivity index (χ0v) is 11.1. The van der Waals surface area contributed by atoms with Crippen LogP contribution in [0.1, 0.15) is 30.9 Å². The van der Waals surface area contributed by atoms with Crippen LogP contribution in [-0.4, -0.2) is 0 Å². The number of hydrogen-bond donors (Lipinski definition) is 0. The molecule has 0 saturated carbocycles. The molecule has 0 saturated heterocycles. The van der Waals surface area contributed by atoms with E-state index in [2.05, 4.69) is 25.0 Å². The molecular weight excluding hydrogens is 235 g/mol. The van der Waals surface area contributed by atoms with Gasteiger partial charge in [0.05, 0.1) is 5.56 Å². The zero-order valence-electron chi connectivity index (χ0n) is 11.1. The van der Waals surface area contributed by atoms with Crippen LogP contribution < -0.4 is 0 Å². The van der Waals surface area contributed by atoms with Crippen LogP contribution in [0.15, 0.2) is 42.5 Å². The number of hydrogen-bond acceptors (Lipinski definition) is 0. The van der Waals surface area contributed by atoms with Crippen molar-refractivity contribution < 1.29 is 4.39 Å². The van der Waals surface area contributed by atoms with E-state index >= 15 is 0 Å². The van der Waals surface area contributed by atoms with Gasteiger partial charge in [0, 0.05) is 0 Å². The van der Waals surface area contributed by atoms with E-state index < -0.39 is 0 Å². The van der Waals surface area contributed by atoms with Crippen LogP contribution >= 0.6 is 0 Å². The van der Waals surface area contributed by atoms with E-state index in [1.54, 1.807) is 6.07 Å². The summed E-state index contributed by atoms with van der Waals surface area (Å²) in [7, 11) is 0. The molecule has 0 bridgehead atoms. The number of halogens is 1. The average molecular weight is 252 g/mol. The van der Waals surface area contributed by atoms with Gasteiger partial charge in [0.25, 0.3) is 0 Å². The van der Waals surface area contributed by atoms with E-state index in [1.165, 1.54) is 24.5 Å². The molecule has 0 unspecified atom stereocenters. The highest BCUT2D eigenvalue weighted by Gasteiger charge is 2.03. The van der Waals surface area contributed by atoms with Crippen molar-refractivity contribution in [2.75, 3.05) is 0 Å². The fourth-order valence-electron chi connectivity index (χ4n) is 2.06. The Labute approximate surface area is 114 Å². The van der Waals surface area contributed by atoms with Crippen molar-refractivity contribution in [3.05, 3.63) is 59.4 Å². The number of benzene rings is 2. The molecule has 0 spiro atoms. The molecule has 0 amide bonds. The van der Waals surface area contributed by atoms with Gasteiger partial charge in [0.1, 0.15) is 5.82 Å². The second-order valence-electron chi connectivity index (χ2n) is 4.64. The predicted octanol–water partition coefficient (Wildman–Crippen LogP) is 4.82. The Bertz CT molecular complexity index is 588. The number of terminal acetylenes is 1. The molecular formula is C18H17F. The number of aryl methyl sites for hydroxylation is 1. The lowest BCUT2D eigenvalue weighted by Crippen LogP contribution is -1.87. The highest BCUT2D eigenvalue weighted by Crippen LogP contribution is 2.22. The van der Waals surface area contributed by atoms with Crippen LogP contribution in [0.25, 0.3) is 11.1 Å². The van der Waals surface area contributed by atoms with E-state index in [1.807, 2.05) is 18.2 Å². The molecule has 0 nitrogen and oxygen atoms in total. The minimum absolute atomic E-state index is 0.309. The topological polar surface area (TPSA) is 0 Å². The van der Waals surface area contributed by atoms with Crippen LogP contribution in [-0.2, 0) is 6.42 Å². The lowest BCUT2D eigenvalue weighted by molar-refractivity contribution is 0.625. The van der Waals surface area contributed by atoms with Gasteiger partial charge in [-0.2, -0.15) is 0 Å². The SMILES string of the molecule is C#Cc1ccc(-c2ccc(CCCC)cc2)cc1F. The first-order valence-electron chi connectivity index (χ1n) is 6.60. The molecule has 2 aromatic carbocycles. The molecule has 0 radical (unpaired) electrons. The van der Waals surface area contributed by atoms with Crippen LogP contribution in [0.2, 0.25) is 0 Å². The Morgan fingerprint density at radius 2 is 1.74 bits per heavy atom. The monoisotopic (exact) mass is 252 g/mol. The first-order chi connectivity index (χ1) is 9.24. The van der Waals surface area contributed by atoms with Crippen molar-refractivity contribution >= 4 is 0 Å². The molecule has 19 heavy (non-hydrogen) atoms. The Hall–Kier alpha value is -2.07. The maximum atomic E-state index is 13.6. The molecule has 0 N–H and O–H groups in total. The quantitative estimate of drug-likeness (QED) is 0.684. The molecule has 96 valence electrons. The summed E-state index contributed by atoms with van der Waals surface area (Å²) in [4.78, 5) is 0. The summed E-state index contributed by atoms with van der Waals surface area (Å²) in [6.45, 7) is 2.18. The first-order valence-corrected chi connectivity index (χ1v) is 6.60. The standard InChI is InChI=1S/C18H17F/c1-3-5-6-14-7-9-16(10-8-14)17-12-11-15(4-2)18(19)13-17/h2,7-13H,3,5-6H2,1H3. The third kappa shape index (κ3) is 3.23. The van der Waals surface area contributed by atoms with Crippen molar-refractivity contribution in [3.63, 3.8) is 0 Å².